The molecule has 1 aliphatic rings. The molecule has 0 saturated carbocycles. The second-order valence-electron chi connectivity index (χ2n) is 5.66. The molecular formula is C16H26N2O. The first-order valence-electron chi connectivity index (χ1n) is 7.31. The van der Waals surface area contributed by atoms with Crippen molar-refractivity contribution in [3.05, 3.63) is 29.8 Å². The monoisotopic (exact) mass is 262 g/mol. The molecule has 19 heavy (non-hydrogen) atoms. The predicted octanol–water partition coefficient (Wildman–Crippen LogP) is 3.10. The van der Waals surface area contributed by atoms with Gasteiger partial charge in [-0.25, -0.2) is 0 Å². The molecule has 2 atom stereocenters. The number of hydrogen-bond acceptors (Lipinski definition) is 3. The van der Waals surface area contributed by atoms with E-state index in [-0.39, 0.29) is 6.04 Å². The minimum absolute atomic E-state index is 0.140. The van der Waals surface area contributed by atoms with Crippen LogP contribution in [0.25, 0.3) is 0 Å². The molecule has 0 amide bonds. The topological polar surface area (TPSA) is 38.5 Å². The SMILES string of the molecule is CN(C)c1cccc(C(N)CCCC2CCCO2)c1. The Kier molecular flexibility index (Phi) is 5.23. The van der Waals surface area contributed by atoms with Crippen LogP contribution in [0.1, 0.15) is 43.7 Å². The largest absolute Gasteiger partial charge is 0.378 e. The summed E-state index contributed by atoms with van der Waals surface area (Å²) in [5.41, 5.74) is 8.74. The van der Waals surface area contributed by atoms with Crippen LogP contribution >= 0.6 is 0 Å². The van der Waals surface area contributed by atoms with Crippen molar-refractivity contribution in [1.29, 1.82) is 0 Å². The molecule has 0 radical (unpaired) electrons. The maximum Gasteiger partial charge on any atom is 0.0576 e. The molecule has 2 rings (SSSR count). The fraction of sp³-hybridized carbons (Fsp3) is 0.625. The number of ether oxygens (including phenoxy) is 1. The smallest absolute Gasteiger partial charge is 0.0576 e. The molecule has 2 N–H and O–H groups in total. The fourth-order valence-electron chi connectivity index (χ4n) is 2.64. The maximum atomic E-state index is 6.29. The number of rotatable bonds is 6. The minimum Gasteiger partial charge on any atom is -0.378 e. The van der Waals surface area contributed by atoms with Crippen LogP contribution in [-0.4, -0.2) is 26.8 Å². The Labute approximate surface area is 116 Å². The third kappa shape index (κ3) is 4.22. The van der Waals surface area contributed by atoms with Gasteiger partial charge in [0.15, 0.2) is 0 Å². The van der Waals surface area contributed by atoms with E-state index in [4.69, 9.17) is 10.5 Å². The van der Waals surface area contributed by atoms with Gasteiger partial charge in [-0.3, -0.25) is 0 Å². The second kappa shape index (κ2) is 6.92. The zero-order chi connectivity index (χ0) is 13.7. The summed E-state index contributed by atoms with van der Waals surface area (Å²) in [6.07, 6.45) is 6.28. The van der Waals surface area contributed by atoms with Crippen molar-refractivity contribution in [2.75, 3.05) is 25.6 Å². The van der Waals surface area contributed by atoms with Crippen molar-refractivity contribution in [1.82, 2.24) is 0 Å². The lowest BCUT2D eigenvalue weighted by Crippen LogP contribution is -2.14. The van der Waals surface area contributed by atoms with Crippen molar-refractivity contribution in [2.24, 2.45) is 5.73 Å². The van der Waals surface area contributed by atoms with Crippen LogP contribution in [0.3, 0.4) is 0 Å². The molecule has 1 aliphatic heterocycles. The number of hydrogen-bond donors (Lipinski definition) is 1. The highest BCUT2D eigenvalue weighted by atomic mass is 16.5. The number of nitrogens with two attached hydrogens (primary N) is 1. The lowest BCUT2D eigenvalue weighted by molar-refractivity contribution is 0.101. The quantitative estimate of drug-likeness (QED) is 0.856. The van der Waals surface area contributed by atoms with Crippen molar-refractivity contribution in [3.8, 4) is 0 Å². The minimum atomic E-state index is 0.140. The van der Waals surface area contributed by atoms with Crippen molar-refractivity contribution >= 4 is 5.69 Å². The van der Waals surface area contributed by atoms with Gasteiger partial charge >= 0.3 is 0 Å². The van der Waals surface area contributed by atoms with Gasteiger partial charge in [0.2, 0.25) is 0 Å². The van der Waals surface area contributed by atoms with E-state index in [1.54, 1.807) is 0 Å². The summed E-state index contributed by atoms with van der Waals surface area (Å²) in [5, 5.41) is 0. The summed E-state index contributed by atoms with van der Waals surface area (Å²) in [5.74, 6) is 0. The Morgan fingerprint density at radius 3 is 2.95 bits per heavy atom. The zero-order valence-electron chi connectivity index (χ0n) is 12.1. The molecule has 3 nitrogen and oxygen atoms in total. The van der Waals surface area contributed by atoms with E-state index in [0.29, 0.717) is 6.10 Å². The van der Waals surface area contributed by atoms with Gasteiger partial charge in [-0.1, -0.05) is 12.1 Å². The summed E-state index contributed by atoms with van der Waals surface area (Å²) in [4.78, 5) is 2.11. The molecule has 106 valence electrons. The lowest BCUT2D eigenvalue weighted by atomic mass is 9.99. The summed E-state index contributed by atoms with van der Waals surface area (Å²) >= 11 is 0. The average Bonchev–Trinajstić information content (AvgIpc) is 2.92. The van der Waals surface area contributed by atoms with Gasteiger partial charge in [0.25, 0.3) is 0 Å². The third-order valence-electron chi connectivity index (χ3n) is 3.88. The van der Waals surface area contributed by atoms with Crippen molar-refractivity contribution < 1.29 is 4.74 Å². The molecule has 0 aromatic heterocycles. The molecule has 2 unspecified atom stereocenters. The molecule has 1 aromatic rings. The van der Waals surface area contributed by atoms with Crippen molar-refractivity contribution in [2.45, 2.75) is 44.2 Å². The zero-order valence-corrected chi connectivity index (χ0v) is 12.1. The highest BCUT2D eigenvalue weighted by Gasteiger charge is 2.15. The maximum absolute atomic E-state index is 6.29. The average molecular weight is 262 g/mol. The highest BCUT2D eigenvalue weighted by molar-refractivity contribution is 5.47. The third-order valence-corrected chi connectivity index (χ3v) is 3.88. The lowest BCUT2D eigenvalue weighted by Gasteiger charge is -2.17. The van der Waals surface area contributed by atoms with Crippen molar-refractivity contribution in [3.63, 3.8) is 0 Å². The van der Waals surface area contributed by atoms with Crippen LogP contribution in [0.2, 0.25) is 0 Å². The second-order valence-corrected chi connectivity index (χ2v) is 5.66. The fourth-order valence-corrected chi connectivity index (χ4v) is 2.64. The normalized spacial score (nSPS) is 20.5. The predicted molar refractivity (Wildman–Crippen MR) is 80.5 cm³/mol. The molecule has 0 aliphatic carbocycles. The summed E-state index contributed by atoms with van der Waals surface area (Å²) in [6.45, 7) is 0.946. The number of nitrogens with zero attached hydrogens (tertiary/aromatic N) is 1. The van der Waals surface area contributed by atoms with E-state index in [9.17, 15) is 0 Å². The molecule has 1 fully saturated rings. The van der Waals surface area contributed by atoms with Gasteiger partial charge in [-0.2, -0.15) is 0 Å². The van der Waals surface area contributed by atoms with Crippen LogP contribution < -0.4 is 10.6 Å². The van der Waals surface area contributed by atoms with Crippen LogP contribution in [0.15, 0.2) is 24.3 Å². The molecular weight excluding hydrogens is 236 g/mol. The van der Waals surface area contributed by atoms with Gasteiger partial charge < -0.3 is 15.4 Å². The van der Waals surface area contributed by atoms with E-state index in [2.05, 4.69) is 43.3 Å². The molecule has 0 spiro atoms. The highest BCUT2D eigenvalue weighted by Crippen LogP contribution is 2.24. The van der Waals surface area contributed by atoms with Gasteiger partial charge in [0.1, 0.15) is 0 Å². The van der Waals surface area contributed by atoms with Gasteiger partial charge in [-0.05, 0) is 49.8 Å². The Morgan fingerprint density at radius 2 is 2.26 bits per heavy atom. The van der Waals surface area contributed by atoms with Crippen LogP contribution in [-0.2, 0) is 4.74 Å². The van der Waals surface area contributed by atoms with E-state index < -0.39 is 0 Å². The molecule has 1 aromatic carbocycles. The molecule has 3 heteroatoms. The summed E-state index contributed by atoms with van der Waals surface area (Å²) in [7, 11) is 4.12. The van der Waals surface area contributed by atoms with E-state index in [1.165, 1.54) is 24.1 Å². The van der Waals surface area contributed by atoms with Crippen LogP contribution in [0.4, 0.5) is 5.69 Å². The van der Waals surface area contributed by atoms with E-state index in [0.717, 1.165) is 25.9 Å². The first-order chi connectivity index (χ1) is 9.16. The summed E-state index contributed by atoms with van der Waals surface area (Å²) in [6, 6.07) is 8.66. The molecule has 1 saturated heterocycles. The van der Waals surface area contributed by atoms with E-state index >= 15 is 0 Å². The number of benzene rings is 1. The Morgan fingerprint density at radius 1 is 1.42 bits per heavy atom. The van der Waals surface area contributed by atoms with Gasteiger partial charge in [0, 0.05) is 32.4 Å². The van der Waals surface area contributed by atoms with E-state index in [1.807, 2.05) is 0 Å². The van der Waals surface area contributed by atoms with Crippen LogP contribution in [0, 0.1) is 0 Å². The Hall–Kier alpha value is -1.06. The summed E-state index contributed by atoms with van der Waals surface area (Å²) < 4.78 is 5.64. The standard InChI is InChI=1S/C16H26N2O/c1-18(2)14-7-3-6-13(12-14)16(17)10-4-8-15-9-5-11-19-15/h3,6-7,12,15-16H,4-5,8-11,17H2,1-2H3. The van der Waals surface area contributed by atoms with Crippen LogP contribution in [0.5, 0.6) is 0 Å². The first-order valence-corrected chi connectivity index (χ1v) is 7.31. The number of anilines is 1. The van der Waals surface area contributed by atoms with Gasteiger partial charge in [0.05, 0.1) is 6.10 Å². The Balaban J connectivity index is 1.81. The Bertz CT molecular complexity index is 386. The molecule has 0 bridgehead atoms. The van der Waals surface area contributed by atoms with Gasteiger partial charge in [-0.15, -0.1) is 0 Å². The molecule has 1 heterocycles. The first kappa shape index (κ1) is 14.4.